The molecule has 1 fully saturated rings. The van der Waals surface area contributed by atoms with E-state index in [9.17, 15) is 4.79 Å². The maximum absolute atomic E-state index is 12.1. The molecule has 1 aromatic rings. The summed E-state index contributed by atoms with van der Waals surface area (Å²) in [6, 6.07) is 7.77. The van der Waals surface area contributed by atoms with Gasteiger partial charge in [0.15, 0.2) is 0 Å². The number of urea groups is 1. The van der Waals surface area contributed by atoms with E-state index in [1.165, 1.54) is 12.8 Å². The fraction of sp³-hybridized carbons (Fsp3) is 0.533. The van der Waals surface area contributed by atoms with Gasteiger partial charge in [-0.1, -0.05) is 18.2 Å². The number of benzene rings is 1. The van der Waals surface area contributed by atoms with Crippen molar-refractivity contribution in [3.05, 3.63) is 29.8 Å². The zero-order valence-electron chi connectivity index (χ0n) is 11.8. The van der Waals surface area contributed by atoms with Gasteiger partial charge in [0, 0.05) is 19.2 Å². The van der Waals surface area contributed by atoms with Crippen molar-refractivity contribution in [1.29, 1.82) is 0 Å². The highest BCUT2D eigenvalue weighted by Crippen LogP contribution is 2.29. The lowest BCUT2D eigenvalue weighted by atomic mass is 10.1. The third-order valence-corrected chi connectivity index (χ3v) is 3.73. The van der Waals surface area contributed by atoms with Crippen LogP contribution < -0.4 is 10.1 Å². The van der Waals surface area contributed by atoms with Crippen molar-refractivity contribution < 1.29 is 9.53 Å². The Bertz CT molecular complexity index is 444. The van der Waals surface area contributed by atoms with Crippen molar-refractivity contribution in [3.63, 3.8) is 0 Å². The van der Waals surface area contributed by atoms with Gasteiger partial charge in [-0.05, 0) is 31.7 Å². The molecule has 19 heavy (non-hydrogen) atoms. The summed E-state index contributed by atoms with van der Waals surface area (Å²) in [6.07, 6.45) is 2.48. The zero-order chi connectivity index (χ0) is 13.8. The standard InChI is InChI=1S/C15H22N2O2/c1-11(13-6-4-5-7-14(13)19-3)17(2)15(18)16-10-12-8-9-12/h4-7,11-12H,8-10H2,1-3H3,(H,16,18)/t11-/m0/s1. The molecule has 0 heterocycles. The summed E-state index contributed by atoms with van der Waals surface area (Å²) < 4.78 is 5.35. The van der Waals surface area contributed by atoms with Gasteiger partial charge >= 0.3 is 6.03 Å². The first-order chi connectivity index (χ1) is 9.13. The number of rotatable bonds is 5. The Hall–Kier alpha value is -1.71. The summed E-state index contributed by atoms with van der Waals surface area (Å²) in [5.74, 6) is 1.51. The molecule has 0 unspecified atom stereocenters. The molecule has 0 aliphatic heterocycles. The molecule has 0 bridgehead atoms. The van der Waals surface area contributed by atoms with E-state index in [1.807, 2.05) is 38.2 Å². The molecular weight excluding hydrogens is 240 g/mol. The van der Waals surface area contributed by atoms with E-state index in [0.29, 0.717) is 5.92 Å². The number of ether oxygens (including phenoxy) is 1. The Labute approximate surface area is 114 Å². The maximum atomic E-state index is 12.1. The Morgan fingerprint density at radius 3 is 2.79 bits per heavy atom. The lowest BCUT2D eigenvalue weighted by Crippen LogP contribution is -2.39. The van der Waals surface area contributed by atoms with Crippen LogP contribution in [0.5, 0.6) is 5.75 Å². The number of carbonyl (C=O) groups is 1. The summed E-state index contributed by atoms with van der Waals surface area (Å²) in [6.45, 7) is 2.80. The topological polar surface area (TPSA) is 41.6 Å². The quantitative estimate of drug-likeness (QED) is 0.886. The fourth-order valence-corrected chi connectivity index (χ4v) is 2.07. The summed E-state index contributed by atoms with van der Waals surface area (Å²) >= 11 is 0. The van der Waals surface area contributed by atoms with Crippen LogP contribution in [0.1, 0.15) is 31.4 Å². The van der Waals surface area contributed by atoms with E-state index in [1.54, 1.807) is 12.0 Å². The van der Waals surface area contributed by atoms with Crippen molar-refractivity contribution in [2.45, 2.75) is 25.8 Å². The van der Waals surface area contributed by atoms with Gasteiger partial charge in [0.05, 0.1) is 13.2 Å². The molecular formula is C15H22N2O2. The minimum Gasteiger partial charge on any atom is -0.496 e. The highest BCUT2D eigenvalue weighted by molar-refractivity contribution is 5.74. The van der Waals surface area contributed by atoms with Crippen molar-refractivity contribution in [1.82, 2.24) is 10.2 Å². The van der Waals surface area contributed by atoms with Crippen LogP contribution in [0.2, 0.25) is 0 Å². The van der Waals surface area contributed by atoms with Gasteiger partial charge in [-0.15, -0.1) is 0 Å². The monoisotopic (exact) mass is 262 g/mol. The lowest BCUT2D eigenvalue weighted by molar-refractivity contribution is 0.193. The third kappa shape index (κ3) is 3.40. The summed E-state index contributed by atoms with van der Waals surface area (Å²) in [4.78, 5) is 13.8. The molecule has 0 spiro atoms. The van der Waals surface area contributed by atoms with E-state index in [0.717, 1.165) is 17.9 Å². The SMILES string of the molecule is COc1ccccc1[C@H](C)N(C)C(=O)NCC1CC1. The van der Waals surface area contributed by atoms with Crippen LogP contribution in [0.3, 0.4) is 0 Å². The van der Waals surface area contributed by atoms with Crippen LogP contribution in [0.15, 0.2) is 24.3 Å². The van der Waals surface area contributed by atoms with Crippen LogP contribution in [-0.4, -0.2) is 31.6 Å². The van der Waals surface area contributed by atoms with Crippen LogP contribution in [-0.2, 0) is 0 Å². The van der Waals surface area contributed by atoms with Gasteiger partial charge in [-0.2, -0.15) is 0 Å². The zero-order valence-corrected chi connectivity index (χ0v) is 11.8. The molecule has 104 valence electrons. The van der Waals surface area contributed by atoms with E-state index < -0.39 is 0 Å². The summed E-state index contributed by atoms with van der Waals surface area (Å²) in [5.41, 5.74) is 1.02. The first kappa shape index (κ1) is 13.7. The predicted octanol–water partition coefficient (Wildman–Crippen LogP) is 2.81. The Kier molecular flexibility index (Phi) is 4.30. The molecule has 1 atom stereocenters. The minimum absolute atomic E-state index is 0.0182. The molecule has 0 radical (unpaired) electrons. The van der Waals surface area contributed by atoms with E-state index in [2.05, 4.69) is 5.32 Å². The molecule has 0 saturated heterocycles. The Balaban J connectivity index is 2.00. The van der Waals surface area contributed by atoms with Crippen LogP contribution in [0.25, 0.3) is 0 Å². The highest BCUT2D eigenvalue weighted by Gasteiger charge is 2.24. The van der Waals surface area contributed by atoms with Gasteiger partial charge in [-0.3, -0.25) is 0 Å². The lowest BCUT2D eigenvalue weighted by Gasteiger charge is -2.26. The Morgan fingerprint density at radius 2 is 2.16 bits per heavy atom. The van der Waals surface area contributed by atoms with Gasteiger partial charge in [0.1, 0.15) is 5.75 Å². The van der Waals surface area contributed by atoms with Gasteiger partial charge < -0.3 is 15.0 Å². The van der Waals surface area contributed by atoms with Gasteiger partial charge in [-0.25, -0.2) is 4.79 Å². The second kappa shape index (κ2) is 5.95. The molecule has 1 saturated carbocycles. The fourth-order valence-electron chi connectivity index (χ4n) is 2.07. The Morgan fingerprint density at radius 1 is 1.47 bits per heavy atom. The van der Waals surface area contributed by atoms with Crippen molar-refractivity contribution >= 4 is 6.03 Å². The molecule has 1 aromatic carbocycles. The minimum atomic E-state index is -0.0229. The number of amides is 2. The predicted molar refractivity (Wildman–Crippen MR) is 75.3 cm³/mol. The highest BCUT2D eigenvalue weighted by atomic mass is 16.5. The van der Waals surface area contributed by atoms with Crippen molar-refractivity contribution in [3.8, 4) is 5.75 Å². The van der Waals surface area contributed by atoms with E-state index >= 15 is 0 Å². The number of hydrogen-bond donors (Lipinski definition) is 1. The van der Waals surface area contributed by atoms with Crippen LogP contribution in [0.4, 0.5) is 4.79 Å². The number of nitrogens with one attached hydrogen (secondary N) is 1. The van der Waals surface area contributed by atoms with Crippen LogP contribution >= 0.6 is 0 Å². The largest absolute Gasteiger partial charge is 0.496 e. The average molecular weight is 262 g/mol. The number of nitrogens with zero attached hydrogens (tertiary/aromatic N) is 1. The van der Waals surface area contributed by atoms with Gasteiger partial charge in [0.2, 0.25) is 0 Å². The number of carbonyl (C=O) groups excluding carboxylic acids is 1. The number of para-hydroxylation sites is 1. The molecule has 1 aliphatic rings. The average Bonchev–Trinajstić information content (AvgIpc) is 3.27. The van der Waals surface area contributed by atoms with E-state index in [-0.39, 0.29) is 12.1 Å². The van der Waals surface area contributed by atoms with Crippen molar-refractivity contribution in [2.24, 2.45) is 5.92 Å². The molecule has 2 rings (SSSR count). The first-order valence-corrected chi connectivity index (χ1v) is 6.77. The number of methoxy groups -OCH3 is 1. The third-order valence-electron chi connectivity index (χ3n) is 3.73. The summed E-state index contributed by atoms with van der Waals surface area (Å²) in [5, 5.41) is 2.98. The second-order valence-electron chi connectivity index (χ2n) is 5.16. The molecule has 0 aromatic heterocycles. The van der Waals surface area contributed by atoms with Crippen molar-refractivity contribution in [2.75, 3.05) is 20.7 Å². The normalized spacial score (nSPS) is 15.7. The molecule has 1 N–H and O–H groups in total. The molecule has 1 aliphatic carbocycles. The first-order valence-electron chi connectivity index (χ1n) is 6.77. The second-order valence-corrected chi connectivity index (χ2v) is 5.16. The van der Waals surface area contributed by atoms with Gasteiger partial charge in [0.25, 0.3) is 0 Å². The summed E-state index contributed by atoms with van der Waals surface area (Å²) in [7, 11) is 3.47. The number of hydrogen-bond acceptors (Lipinski definition) is 2. The molecule has 4 nitrogen and oxygen atoms in total. The van der Waals surface area contributed by atoms with Crippen LogP contribution in [0, 0.1) is 5.92 Å². The maximum Gasteiger partial charge on any atom is 0.317 e. The smallest absolute Gasteiger partial charge is 0.317 e. The molecule has 4 heteroatoms. The molecule has 2 amide bonds. The van der Waals surface area contributed by atoms with E-state index in [4.69, 9.17) is 4.74 Å².